The molecule has 0 saturated heterocycles. The molecule has 17 heavy (non-hydrogen) atoms. The molecule has 0 aromatic carbocycles. The average molecular weight is 315 g/mol. The van der Waals surface area contributed by atoms with Crippen molar-refractivity contribution in [1.29, 1.82) is 0 Å². The van der Waals surface area contributed by atoms with Crippen LogP contribution in [0, 0.1) is 0 Å². The van der Waals surface area contributed by atoms with Crippen molar-refractivity contribution in [2.24, 2.45) is 0 Å². The lowest BCUT2D eigenvalue weighted by Crippen LogP contribution is -2.27. The number of nitrogens with one attached hydrogen (secondary N) is 1. The van der Waals surface area contributed by atoms with Crippen LogP contribution in [-0.4, -0.2) is 23.3 Å². The molecule has 0 unspecified atom stereocenters. The fourth-order valence-corrected chi connectivity index (χ4v) is 3.58. The smallest absolute Gasteiger partial charge is 0.110 e. The highest BCUT2D eigenvalue weighted by atomic mass is 79.9. The molecule has 1 aromatic heterocycles. The van der Waals surface area contributed by atoms with Gasteiger partial charge in [0.05, 0.1) is 0 Å². The van der Waals surface area contributed by atoms with Crippen LogP contribution < -0.4 is 5.32 Å². The van der Waals surface area contributed by atoms with Crippen LogP contribution in [0.25, 0.3) is 0 Å². The molecule has 2 nitrogen and oxygen atoms in total. The monoisotopic (exact) mass is 314 g/mol. The van der Waals surface area contributed by atoms with E-state index >= 15 is 0 Å². The van der Waals surface area contributed by atoms with Crippen molar-refractivity contribution in [1.82, 2.24) is 10.3 Å². The molecule has 0 atom stereocenters. The van der Waals surface area contributed by atoms with Gasteiger partial charge in [0.25, 0.3) is 0 Å². The van der Waals surface area contributed by atoms with Gasteiger partial charge in [0.15, 0.2) is 0 Å². The SMILES string of the molecule is Brc1cccnc1SCCCNC1CCCC1. The highest BCUT2D eigenvalue weighted by Crippen LogP contribution is 2.24. The van der Waals surface area contributed by atoms with E-state index in [9.17, 15) is 0 Å². The van der Waals surface area contributed by atoms with Crippen LogP contribution in [0.5, 0.6) is 0 Å². The Hall–Kier alpha value is -0.0600. The Morgan fingerprint density at radius 2 is 2.24 bits per heavy atom. The second-order valence-electron chi connectivity index (χ2n) is 4.43. The maximum absolute atomic E-state index is 4.35. The third-order valence-corrected chi connectivity index (χ3v) is 5.07. The molecular formula is C13H19BrN2S. The van der Waals surface area contributed by atoms with E-state index in [1.165, 1.54) is 32.1 Å². The highest BCUT2D eigenvalue weighted by molar-refractivity contribution is 9.10. The first-order valence-corrected chi connectivity index (χ1v) is 8.11. The van der Waals surface area contributed by atoms with Crippen molar-refractivity contribution in [2.45, 2.75) is 43.2 Å². The zero-order valence-electron chi connectivity index (χ0n) is 9.99. The van der Waals surface area contributed by atoms with Gasteiger partial charge in [-0.3, -0.25) is 0 Å². The van der Waals surface area contributed by atoms with Crippen LogP contribution >= 0.6 is 27.7 Å². The first-order chi connectivity index (χ1) is 8.36. The van der Waals surface area contributed by atoms with Crippen molar-refractivity contribution < 1.29 is 0 Å². The summed E-state index contributed by atoms with van der Waals surface area (Å²) in [5.74, 6) is 1.13. The summed E-state index contributed by atoms with van der Waals surface area (Å²) in [5, 5.41) is 4.74. The quantitative estimate of drug-likeness (QED) is 0.637. The molecule has 4 heteroatoms. The minimum Gasteiger partial charge on any atom is -0.314 e. The van der Waals surface area contributed by atoms with Gasteiger partial charge >= 0.3 is 0 Å². The average Bonchev–Trinajstić information content (AvgIpc) is 2.84. The summed E-state index contributed by atoms with van der Waals surface area (Å²) in [6.45, 7) is 1.14. The maximum atomic E-state index is 4.35. The first kappa shape index (κ1) is 13.4. The second-order valence-corrected chi connectivity index (χ2v) is 6.37. The van der Waals surface area contributed by atoms with Gasteiger partial charge in [-0.05, 0) is 53.9 Å². The largest absolute Gasteiger partial charge is 0.314 e. The summed E-state index contributed by atoms with van der Waals surface area (Å²) in [4.78, 5) is 4.35. The molecule has 1 aromatic rings. The molecule has 2 rings (SSSR count). The lowest BCUT2D eigenvalue weighted by atomic mass is 10.2. The Bertz CT molecular complexity index is 340. The fourth-order valence-electron chi connectivity index (χ4n) is 2.15. The Morgan fingerprint density at radius 1 is 1.41 bits per heavy atom. The maximum Gasteiger partial charge on any atom is 0.110 e. The lowest BCUT2D eigenvalue weighted by molar-refractivity contribution is 0.524. The molecule has 1 fully saturated rings. The van der Waals surface area contributed by atoms with Crippen molar-refractivity contribution >= 4 is 27.7 Å². The van der Waals surface area contributed by atoms with Crippen LogP contribution in [0.3, 0.4) is 0 Å². The van der Waals surface area contributed by atoms with Gasteiger partial charge in [0.2, 0.25) is 0 Å². The number of pyridine rings is 1. The summed E-state index contributed by atoms with van der Waals surface area (Å²) in [6, 6.07) is 4.80. The summed E-state index contributed by atoms with van der Waals surface area (Å²) >= 11 is 5.35. The Balaban J connectivity index is 1.58. The standard InChI is InChI=1S/C13H19BrN2S/c14-12-7-3-8-16-13(12)17-10-4-9-15-11-5-1-2-6-11/h3,7-8,11,15H,1-2,4-6,9-10H2. The van der Waals surface area contributed by atoms with Crippen LogP contribution in [-0.2, 0) is 0 Å². The molecule has 1 N–H and O–H groups in total. The summed E-state index contributed by atoms with van der Waals surface area (Å²) in [6.07, 6.45) is 8.63. The van der Waals surface area contributed by atoms with E-state index in [1.54, 1.807) is 0 Å². The van der Waals surface area contributed by atoms with Crippen LogP contribution in [0.4, 0.5) is 0 Å². The molecule has 0 bridgehead atoms. The number of hydrogen-bond donors (Lipinski definition) is 1. The third-order valence-electron chi connectivity index (χ3n) is 3.07. The number of halogens is 1. The first-order valence-electron chi connectivity index (χ1n) is 6.33. The number of nitrogens with zero attached hydrogens (tertiary/aromatic N) is 1. The van der Waals surface area contributed by atoms with Crippen molar-refractivity contribution in [3.63, 3.8) is 0 Å². The van der Waals surface area contributed by atoms with E-state index < -0.39 is 0 Å². The molecule has 1 aliphatic rings. The Labute approximate surface area is 116 Å². The van der Waals surface area contributed by atoms with Gasteiger partial charge in [-0.15, -0.1) is 11.8 Å². The summed E-state index contributed by atoms with van der Waals surface area (Å²) < 4.78 is 1.11. The van der Waals surface area contributed by atoms with E-state index in [-0.39, 0.29) is 0 Å². The molecule has 0 radical (unpaired) electrons. The number of rotatable bonds is 6. The van der Waals surface area contributed by atoms with E-state index in [0.29, 0.717) is 0 Å². The third kappa shape index (κ3) is 4.60. The zero-order valence-corrected chi connectivity index (χ0v) is 12.4. The molecule has 0 amide bonds. The summed E-state index contributed by atoms with van der Waals surface area (Å²) in [7, 11) is 0. The fraction of sp³-hybridized carbons (Fsp3) is 0.615. The van der Waals surface area contributed by atoms with Gasteiger partial charge in [-0.25, -0.2) is 4.98 Å². The van der Waals surface area contributed by atoms with Crippen LogP contribution in [0.15, 0.2) is 27.8 Å². The van der Waals surface area contributed by atoms with E-state index in [0.717, 1.165) is 27.8 Å². The highest BCUT2D eigenvalue weighted by Gasteiger charge is 2.13. The Morgan fingerprint density at radius 3 is 3.00 bits per heavy atom. The molecule has 1 aliphatic carbocycles. The van der Waals surface area contributed by atoms with Crippen molar-refractivity contribution in [3.05, 3.63) is 22.8 Å². The predicted octanol–water partition coefficient (Wildman–Crippen LogP) is 3.86. The predicted molar refractivity (Wildman–Crippen MR) is 77.5 cm³/mol. The van der Waals surface area contributed by atoms with Gasteiger partial charge in [-0.2, -0.15) is 0 Å². The van der Waals surface area contributed by atoms with Gasteiger partial charge in [-0.1, -0.05) is 12.8 Å². The summed E-state index contributed by atoms with van der Waals surface area (Å²) in [5.41, 5.74) is 0. The van der Waals surface area contributed by atoms with Crippen LogP contribution in [0.2, 0.25) is 0 Å². The lowest BCUT2D eigenvalue weighted by Gasteiger charge is -2.11. The molecule has 0 spiro atoms. The van der Waals surface area contributed by atoms with Crippen molar-refractivity contribution in [2.75, 3.05) is 12.3 Å². The van der Waals surface area contributed by atoms with Crippen molar-refractivity contribution in [3.8, 4) is 0 Å². The molecule has 1 saturated carbocycles. The minimum absolute atomic E-state index is 0.793. The minimum atomic E-state index is 0.793. The molecular weight excluding hydrogens is 296 g/mol. The normalized spacial score (nSPS) is 16.5. The Kier molecular flexibility index (Phi) is 5.81. The zero-order chi connectivity index (χ0) is 11.9. The molecule has 94 valence electrons. The van der Waals surface area contributed by atoms with E-state index in [1.807, 2.05) is 30.1 Å². The van der Waals surface area contributed by atoms with Crippen LogP contribution in [0.1, 0.15) is 32.1 Å². The van der Waals surface area contributed by atoms with Gasteiger partial charge in [0.1, 0.15) is 5.03 Å². The van der Waals surface area contributed by atoms with E-state index in [2.05, 4.69) is 26.2 Å². The van der Waals surface area contributed by atoms with E-state index in [4.69, 9.17) is 0 Å². The number of thioether (sulfide) groups is 1. The van der Waals surface area contributed by atoms with Gasteiger partial charge < -0.3 is 5.32 Å². The molecule has 0 aliphatic heterocycles. The number of aromatic nitrogens is 1. The number of hydrogen-bond acceptors (Lipinski definition) is 3. The van der Waals surface area contributed by atoms with Gasteiger partial charge in [0, 0.05) is 22.5 Å². The molecule has 1 heterocycles. The second kappa shape index (κ2) is 7.39. The topological polar surface area (TPSA) is 24.9 Å².